The van der Waals surface area contributed by atoms with Crippen LogP contribution in [-0.2, 0) is 20.7 Å². The fourth-order valence-corrected chi connectivity index (χ4v) is 2.98. The van der Waals surface area contributed by atoms with Crippen LogP contribution in [0.5, 0.6) is 0 Å². The first-order chi connectivity index (χ1) is 11.8. The fourth-order valence-electron chi connectivity index (χ4n) is 2.98. The van der Waals surface area contributed by atoms with Gasteiger partial charge in [-0.25, -0.2) is 0 Å². The van der Waals surface area contributed by atoms with E-state index in [9.17, 15) is 9.59 Å². The Morgan fingerprint density at radius 3 is 2.32 bits per heavy atom. The summed E-state index contributed by atoms with van der Waals surface area (Å²) in [7, 11) is 0. The normalized spacial score (nSPS) is 12.0. The van der Waals surface area contributed by atoms with E-state index in [1.807, 2.05) is 27.7 Å². The van der Waals surface area contributed by atoms with Gasteiger partial charge in [0.15, 0.2) is 0 Å². The van der Waals surface area contributed by atoms with Gasteiger partial charge < -0.3 is 14.7 Å². The van der Waals surface area contributed by atoms with Crippen molar-refractivity contribution in [2.75, 3.05) is 26.3 Å². The van der Waals surface area contributed by atoms with E-state index in [4.69, 9.17) is 9.84 Å². The van der Waals surface area contributed by atoms with Gasteiger partial charge in [0.2, 0.25) is 5.91 Å². The van der Waals surface area contributed by atoms with Crippen molar-refractivity contribution in [3.05, 3.63) is 34.4 Å². The van der Waals surface area contributed by atoms with Crippen LogP contribution in [-0.4, -0.2) is 48.2 Å². The number of rotatable bonds is 10. The molecule has 0 saturated heterocycles. The highest BCUT2D eigenvalue weighted by Gasteiger charge is 2.21. The quantitative estimate of drug-likeness (QED) is 0.659. The van der Waals surface area contributed by atoms with Crippen LogP contribution in [0.3, 0.4) is 0 Å². The molecule has 0 aliphatic carbocycles. The number of nitrogens with zero attached hydrogens (tertiary/aromatic N) is 1. The topological polar surface area (TPSA) is 66.8 Å². The highest BCUT2D eigenvalue weighted by Crippen LogP contribution is 2.18. The number of hydrogen-bond donors (Lipinski definition) is 1. The van der Waals surface area contributed by atoms with Gasteiger partial charge in [-0.15, -0.1) is 0 Å². The Labute approximate surface area is 151 Å². The molecule has 1 atom stereocenters. The maximum absolute atomic E-state index is 12.8. The van der Waals surface area contributed by atoms with E-state index in [1.54, 1.807) is 11.8 Å². The summed E-state index contributed by atoms with van der Waals surface area (Å²) in [4.78, 5) is 25.7. The molecule has 0 bridgehead atoms. The number of carbonyl (C=O) groups is 2. The summed E-state index contributed by atoms with van der Waals surface area (Å²) in [6.07, 6.45) is 1.01. The van der Waals surface area contributed by atoms with Crippen molar-refractivity contribution >= 4 is 11.9 Å². The smallest absolute Gasteiger partial charge is 0.308 e. The van der Waals surface area contributed by atoms with Gasteiger partial charge in [0.25, 0.3) is 0 Å². The van der Waals surface area contributed by atoms with Crippen LogP contribution in [0.1, 0.15) is 42.5 Å². The lowest BCUT2D eigenvalue weighted by atomic mass is 9.96. The highest BCUT2D eigenvalue weighted by atomic mass is 16.5. The second kappa shape index (κ2) is 10.2. The molecule has 1 unspecified atom stereocenters. The largest absolute Gasteiger partial charge is 0.481 e. The predicted molar refractivity (Wildman–Crippen MR) is 98.8 cm³/mol. The van der Waals surface area contributed by atoms with Gasteiger partial charge in [-0.1, -0.05) is 24.6 Å². The molecule has 0 spiro atoms. The first-order valence-electron chi connectivity index (χ1n) is 8.91. The number of aliphatic carboxylic acids is 1. The van der Waals surface area contributed by atoms with Crippen LogP contribution in [0.15, 0.2) is 12.1 Å². The summed E-state index contributed by atoms with van der Waals surface area (Å²) in [5.41, 5.74) is 4.42. The van der Waals surface area contributed by atoms with E-state index in [0.29, 0.717) is 32.6 Å². The Morgan fingerprint density at radius 1 is 1.20 bits per heavy atom. The van der Waals surface area contributed by atoms with Crippen molar-refractivity contribution in [3.8, 4) is 0 Å². The second-order valence-corrected chi connectivity index (χ2v) is 6.68. The SMILES string of the molecule is CCOCCCN(CC(C)C(=O)O)C(=O)Cc1c(C)cc(C)cc1C. The number of carbonyl (C=O) groups excluding carboxylic acids is 1. The average Bonchev–Trinajstić information content (AvgIpc) is 2.53. The van der Waals surface area contributed by atoms with Crippen molar-refractivity contribution in [2.45, 2.75) is 47.5 Å². The van der Waals surface area contributed by atoms with Crippen LogP contribution in [0.25, 0.3) is 0 Å². The Balaban J connectivity index is 2.85. The van der Waals surface area contributed by atoms with Crippen LogP contribution < -0.4 is 0 Å². The number of benzene rings is 1. The van der Waals surface area contributed by atoms with E-state index in [-0.39, 0.29) is 12.5 Å². The Morgan fingerprint density at radius 2 is 1.80 bits per heavy atom. The molecule has 1 N–H and O–H groups in total. The molecule has 0 saturated carbocycles. The Hall–Kier alpha value is -1.88. The summed E-state index contributed by atoms with van der Waals surface area (Å²) in [6, 6.07) is 4.16. The summed E-state index contributed by atoms with van der Waals surface area (Å²) in [6.45, 7) is 11.6. The standard InChI is InChI=1S/C20H31NO4/c1-6-25-9-7-8-21(13-17(5)20(23)24)19(22)12-18-15(3)10-14(2)11-16(18)4/h10-11,17H,6-9,12-13H2,1-5H3,(H,23,24). The van der Waals surface area contributed by atoms with Crippen molar-refractivity contribution in [1.29, 1.82) is 0 Å². The summed E-state index contributed by atoms with van der Waals surface area (Å²) < 4.78 is 5.33. The third-order valence-electron chi connectivity index (χ3n) is 4.36. The number of ether oxygens (including phenoxy) is 1. The lowest BCUT2D eigenvalue weighted by Gasteiger charge is -2.25. The number of aryl methyl sites for hydroxylation is 3. The van der Waals surface area contributed by atoms with Crippen LogP contribution >= 0.6 is 0 Å². The zero-order chi connectivity index (χ0) is 19.0. The minimum absolute atomic E-state index is 0.0281. The molecule has 0 heterocycles. The molecule has 0 aromatic heterocycles. The molecule has 0 aliphatic rings. The van der Waals surface area contributed by atoms with E-state index >= 15 is 0 Å². The van der Waals surface area contributed by atoms with Crippen molar-refractivity contribution < 1.29 is 19.4 Å². The monoisotopic (exact) mass is 349 g/mol. The molecule has 1 amide bonds. The zero-order valence-electron chi connectivity index (χ0n) is 16.1. The minimum Gasteiger partial charge on any atom is -0.481 e. The molecule has 0 aliphatic heterocycles. The summed E-state index contributed by atoms with van der Waals surface area (Å²) in [5.74, 6) is -1.50. The van der Waals surface area contributed by atoms with Crippen LogP contribution in [0.2, 0.25) is 0 Å². The molecular weight excluding hydrogens is 318 g/mol. The van der Waals surface area contributed by atoms with E-state index in [0.717, 1.165) is 16.7 Å². The third-order valence-corrected chi connectivity index (χ3v) is 4.36. The summed E-state index contributed by atoms with van der Waals surface area (Å²) in [5, 5.41) is 9.17. The molecular formula is C20H31NO4. The van der Waals surface area contributed by atoms with Gasteiger partial charge in [-0.3, -0.25) is 9.59 Å². The first-order valence-corrected chi connectivity index (χ1v) is 8.91. The van der Waals surface area contributed by atoms with Gasteiger partial charge in [0.05, 0.1) is 12.3 Å². The van der Waals surface area contributed by atoms with Crippen LogP contribution in [0.4, 0.5) is 0 Å². The molecule has 140 valence electrons. The molecule has 5 nitrogen and oxygen atoms in total. The molecule has 0 fully saturated rings. The van der Waals surface area contributed by atoms with Gasteiger partial charge in [0, 0.05) is 26.3 Å². The summed E-state index contributed by atoms with van der Waals surface area (Å²) >= 11 is 0. The number of amides is 1. The van der Waals surface area contributed by atoms with Crippen molar-refractivity contribution in [1.82, 2.24) is 4.90 Å². The van der Waals surface area contributed by atoms with E-state index < -0.39 is 11.9 Å². The Bertz CT molecular complexity index is 574. The predicted octanol–water partition coefficient (Wildman–Crippen LogP) is 3.13. The molecule has 0 radical (unpaired) electrons. The Kier molecular flexibility index (Phi) is 8.62. The molecule has 25 heavy (non-hydrogen) atoms. The first kappa shape index (κ1) is 21.2. The third kappa shape index (κ3) is 6.86. The van der Waals surface area contributed by atoms with Gasteiger partial charge >= 0.3 is 5.97 Å². The molecule has 1 aromatic rings. The van der Waals surface area contributed by atoms with Crippen molar-refractivity contribution in [2.24, 2.45) is 5.92 Å². The maximum Gasteiger partial charge on any atom is 0.308 e. The maximum atomic E-state index is 12.8. The highest BCUT2D eigenvalue weighted by molar-refractivity contribution is 5.80. The molecule has 1 rings (SSSR count). The van der Waals surface area contributed by atoms with Gasteiger partial charge in [-0.2, -0.15) is 0 Å². The fraction of sp³-hybridized carbons (Fsp3) is 0.600. The van der Waals surface area contributed by atoms with E-state index in [2.05, 4.69) is 12.1 Å². The average molecular weight is 349 g/mol. The second-order valence-electron chi connectivity index (χ2n) is 6.68. The van der Waals surface area contributed by atoms with E-state index in [1.165, 1.54) is 5.56 Å². The number of carboxylic acids is 1. The van der Waals surface area contributed by atoms with Gasteiger partial charge in [0.1, 0.15) is 0 Å². The number of carboxylic acid groups (broad SMARTS) is 1. The zero-order valence-corrected chi connectivity index (χ0v) is 16.1. The molecule has 5 heteroatoms. The van der Waals surface area contributed by atoms with Gasteiger partial charge in [-0.05, 0) is 50.8 Å². The van der Waals surface area contributed by atoms with Crippen LogP contribution in [0, 0.1) is 26.7 Å². The lowest BCUT2D eigenvalue weighted by Crippen LogP contribution is -2.39. The number of hydrogen-bond acceptors (Lipinski definition) is 3. The lowest BCUT2D eigenvalue weighted by molar-refractivity contribution is -0.143. The van der Waals surface area contributed by atoms with Crippen molar-refractivity contribution in [3.63, 3.8) is 0 Å². The molecule has 1 aromatic carbocycles. The minimum atomic E-state index is -0.884.